The molecule has 1 aliphatic carbocycles. The lowest BCUT2D eigenvalue weighted by Crippen LogP contribution is -2.21. The first-order valence-corrected chi connectivity index (χ1v) is 11.4. The van der Waals surface area contributed by atoms with E-state index in [0.29, 0.717) is 27.8 Å². The van der Waals surface area contributed by atoms with Crippen molar-refractivity contribution in [1.29, 1.82) is 0 Å². The van der Waals surface area contributed by atoms with Gasteiger partial charge in [-0.1, -0.05) is 13.8 Å². The number of fused-ring (bicyclic) bond motifs is 1. The Bertz CT molecular complexity index is 891. The zero-order valence-electron chi connectivity index (χ0n) is 16.8. The molecule has 29 heavy (non-hydrogen) atoms. The normalized spacial score (nSPS) is 12.7. The molecule has 0 saturated heterocycles. The summed E-state index contributed by atoms with van der Waals surface area (Å²) in [6, 6.07) is 1.86. The van der Waals surface area contributed by atoms with Gasteiger partial charge < -0.3 is 14.8 Å². The van der Waals surface area contributed by atoms with E-state index < -0.39 is 24.5 Å². The highest BCUT2D eigenvalue weighted by molar-refractivity contribution is 7.15. The maximum absolute atomic E-state index is 12.4. The van der Waals surface area contributed by atoms with Crippen LogP contribution in [-0.4, -0.2) is 31.1 Å². The van der Waals surface area contributed by atoms with Crippen molar-refractivity contribution in [2.24, 2.45) is 5.92 Å². The van der Waals surface area contributed by atoms with E-state index in [1.165, 1.54) is 33.1 Å². The summed E-state index contributed by atoms with van der Waals surface area (Å²) in [5.74, 6) is -1.07. The minimum atomic E-state index is -0.489. The van der Waals surface area contributed by atoms with Gasteiger partial charge in [-0.05, 0) is 61.1 Å². The molecular formula is C21H25NO5S2. The number of carbonyl (C=O) groups is 3. The topological polar surface area (TPSA) is 81.7 Å². The number of carbonyl (C=O) groups excluding carboxylic acids is 3. The molecule has 6 nitrogen and oxygen atoms in total. The van der Waals surface area contributed by atoms with Gasteiger partial charge in [0, 0.05) is 4.88 Å². The van der Waals surface area contributed by atoms with E-state index in [1.54, 1.807) is 6.92 Å². The van der Waals surface area contributed by atoms with Crippen molar-refractivity contribution < 1.29 is 23.9 Å². The van der Waals surface area contributed by atoms with Gasteiger partial charge in [0.1, 0.15) is 9.88 Å². The summed E-state index contributed by atoms with van der Waals surface area (Å²) >= 11 is 2.72. The lowest BCUT2D eigenvalue weighted by Gasteiger charge is -2.10. The van der Waals surface area contributed by atoms with Crippen LogP contribution >= 0.6 is 22.7 Å². The van der Waals surface area contributed by atoms with Crippen molar-refractivity contribution in [3.63, 3.8) is 0 Å². The summed E-state index contributed by atoms with van der Waals surface area (Å²) < 4.78 is 10.3. The molecule has 8 heteroatoms. The number of nitrogens with one attached hydrogen (secondary N) is 1. The maximum Gasteiger partial charge on any atom is 0.348 e. The molecule has 156 valence electrons. The second-order valence-corrected chi connectivity index (χ2v) is 9.34. The van der Waals surface area contributed by atoms with Gasteiger partial charge in [0.15, 0.2) is 6.61 Å². The molecule has 0 fully saturated rings. The molecule has 0 spiro atoms. The fraction of sp³-hybridized carbons (Fsp3) is 0.476. The monoisotopic (exact) mass is 435 g/mol. The average molecular weight is 436 g/mol. The second kappa shape index (κ2) is 9.54. The van der Waals surface area contributed by atoms with Crippen molar-refractivity contribution >= 4 is 45.5 Å². The summed E-state index contributed by atoms with van der Waals surface area (Å²) in [7, 11) is 0. The predicted molar refractivity (Wildman–Crippen MR) is 114 cm³/mol. The highest BCUT2D eigenvalue weighted by Gasteiger charge is 2.23. The summed E-state index contributed by atoms with van der Waals surface area (Å²) in [6.07, 6.45) is 3.83. The molecule has 1 aliphatic rings. The smallest absolute Gasteiger partial charge is 0.348 e. The molecule has 2 aromatic heterocycles. The van der Waals surface area contributed by atoms with Crippen LogP contribution in [0.15, 0.2) is 11.4 Å². The van der Waals surface area contributed by atoms with Crippen LogP contribution in [0.2, 0.25) is 0 Å². The number of anilines is 1. The Morgan fingerprint density at radius 3 is 2.66 bits per heavy atom. The van der Waals surface area contributed by atoms with Crippen LogP contribution in [0, 0.1) is 5.92 Å². The Balaban J connectivity index is 1.62. The van der Waals surface area contributed by atoms with Crippen molar-refractivity contribution in [1.82, 2.24) is 0 Å². The van der Waals surface area contributed by atoms with Crippen LogP contribution < -0.4 is 5.32 Å². The largest absolute Gasteiger partial charge is 0.462 e. The van der Waals surface area contributed by atoms with E-state index in [-0.39, 0.29) is 6.61 Å². The van der Waals surface area contributed by atoms with Crippen molar-refractivity contribution in [3.8, 4) is 0 Å². The van der Waals surface area contributed by atoms with Gasteiger partial charge in [0.2, 0.25) is 0 Å². The van der Waals surface area contributed by atoms with Crippen LogP contribution in [0.4, 0.5) is 5.00 Å². The lowest BCUT2D eigenvalue weighted by atomic mass is 10.0. The predicted octanol–water partition coefficient (Wildman–Crippen LogP) is 4.47. The van der Waals surface area contributed by atoms with Crippen LogP contribution in [0.3, 0.4) is 0 Å². The molecule has 0 aromatic carbocycles. The second-order valence-electron chi connectivity index (χ2n) is 7.32. The third-order valence-electron chi connectivity index (χ3n) is 4.51. The number of rotatable bonds is 8. The Morgan fingerprint density at radius 1 is 1.17 bits per heavy atom. The molecule has 0 aliphatic heterocycles. The Morgan fingerprint density at radius 2 is 1.97 bits per heavy atom. The minimum Gasteiger partial charge on any atom is -0.462 e. The van der Waals surface area contributed by atoms with Gasteiger partial charge >= 0.3 is 11.9 Å². The van der Waals surface area contributed by atoms with Gasteiger partial charge in [-0.25, -0.2) is 9.59 Å². The first-order valence-electron chi connectivity index (χ1n) is 9.75. The molecule has 2 heterocycles. The molecule has 0 radical (unpaired) electrons. The molecule has 0 bridgehead atoms. The lowest BCUT2D eigenvalue weighted by molar-refractivity contribution is -0.119. The zero-order valence-corrected chi connectivity index (χ0v) is 18.5. The first-order chi connectivity index (χ1) is 13.9. The van der Waals surface area contributed by atoms with Gasteiger partial charge in [-0.15, -0.1) is 22.7 Å². The molecule has 1 amide bonds. The molecule has 0 atom stereocenters. The van der Waals surface area contributed by atoms with Gasteiger partial charge in [0.25, 0.3) is 5.91 Å². The van der Waals surface area contributed by atoms with Crippen molar-refractivity contribution in [2.45, 2.75) is 46.5 Å². The SMILES string of the molecule is CCOC(=O)c1c(CC(C)C)csc1NC(=O)COC(=O)c1cc2c(s1)CCC2. The molecule has 0 unspecified atom stereocenters. The van der Waals surface area contributed by atoms with Crippen LogP contribution in [-0.2, 0) is 33.5 Å². The van der Waals surface area contributed by atoms with Crippen LogP contribution in [0.5, 0.6) is 0 Å². The third-order valence-corrected chi connectivity index (χ3v) is 6.67. The van der Waals surface area contributed by atoms with Gasteiger partial charge in [0.05, 0.1) is 12.2 Å². The van der Waals surface area contributed by atoms with E-state index in [2.05, 4.69) is 19.2 Å². The Hall–Kier alpha value is -2.19. The van der Waals surface area contributed by atoms with E-state index >= 15 is 0 Å². The Labute approximate surface area is 178 Å². The van der Waals surface area contributed by atoms with E-state index in [9.17, 15) is 14.4 Å². The molecule has 2 aromatic rings. The first kappa shape index (κ1) is 21.5. The average Bonchev–Trinajstić information content (AvgIpc) is 3.34. The highest BCUT2D eigenvalue weighted by atomic mass is 32.1. The zero-order chi connectivity index (χ0) is 21.0. The Kier molecular flexibility index (Phi) is 7.08. The maximum atomic E-state index is 12.4. The number of hydrogen-bond donors (Lipinski definition) is 1. The minimum absolute atomic E-state index is 0.256. The van der Waals surface area contributed by atoms with E-state index in [4.69, 9.17) is 9.47 Å². The summed E-state index contributed by atoms with van der Waals surface area (Å²) in [5, 5.41) is 4.98. The summed E-state index contributed by atoms with van der Waals surface area (Å²) in [5.41, 5.74) is 2.45. The number of ether oxygens (including phenoxy) is 2. The molecule has 0 saturated carbocycles. The van der Waals surface area contributed by atoms with Crippen molar-refractivity contribution in [2.75, 3.05) is 18.5 Å². The van der Waals surface area contributed by atoms with Gasteiger partial charge in [-0.2, -0.15) is 0 Å². The molecular weight excluding hydrogens is 410 g/mol. The number of esters is 2. The van der Waals surface area contributed by atoms with Gasteiger partial charge in [-0.3, -0.25) is 4.79 Å². The highest BCUT2D eigenvalue weighted by Crippen LogP contribution is 2.32. The summed E-state index contributed by atoms with van der Waals surface area (Å²) in [4.78, 5) is 38.7. The third kappa shape index (κ3) is 5.25. The number of aryl methyl sites for hydroxylation is 2. The standard InChI is InChI=1S/C21H25NO5S2/c1-4-26-21(25)18-14(8-12(2)3)11-28-19(18)22-17(23)10-27-20(24)16-9-13-6-5-7-15(13)29-16/h9,11-12H,4-8,10H2,1-3H3,(H,22,23). The fourth-order valence-electron chi connectivity index (χ4n) is 3.30. The summed E-state index contributed by atoms with van der Waals surface area (Å²) in [6.45, 7) is 5.72. The number of thiophene rings is 2. The molecule has 3 rings (SSSR count). The molecule has 1 N–H and O–H groups in total. The number of hydrogen-bond acceptors (Lipinski definition) is 7. The van der Waals surface area contributed by atoms with Crippen LogP contribution in [0.25, 0.3) is 0 Å². The number of amides is 1. The van der Waals surface area contributed by atoms with Crippen molar-refractivity contribution in [3.05, 3.63) is 37.9 Å². The van der Waals surface area contributed by atoms with E-state index in [1.807, 2.05) is 11.4 Å². The quantitative estimate of drug-likeness (QED) is 0.619. The van der Waals surface area contributed by atoms with E-state index in [0.717, 1.165) is 24.8 Å². The van der Waals surface area contributed by atoms with Crippen LogP contribution in [0.1, 0.15) is 63.2 Å². The fourth-order valence-corrected chi connectivity index (χ4v) is 5.42.